The molecule has 1 aromatic heterocycles. The van der Waals surface area contributed by atoms with Crippen LogP contribution in [0, 0.1) is 0 Å². The van der Waals surface area contributed by atoms with E-state index in [0.717, 1.165) is 32.6 Å². The Morgan fingerprint density at radius 3 is 2.56 bits per heavy atom. The van der Waals surface area contributed by atoms with Crippen LogP contribution < -0.4 is 5.32 Å². The first-order chi connectivity index (χ1) is 8.60. The van der Waals surface area contributed by atoms with Crippen LogP contribution in [0.2, 0.25) is 0 Å². The molecule has 0 aromatic carbocycles. The van der Waals surface area contributed by atoms with Crippen molar-refractivity contribution in [1.29, 1.82) is 0 Å². The van der Waals surface area contributed by atoms with E-state index in [4.69, 9.17) is 0 Å². The van der Waals surface area contributed by atoms with Gasteiger partial charge in [-0.05, 0) is 26.4 Å². The molecule has 0 amide bonds. The van der Waals surface area contributed by atoms with Gasteiger partial charge in [0.25, 0.3) is 0 Å². The zero-order chi connectivity index (χ0) is 13.5. The summed E-state index contributed by atoms with van der Waals surface area (Å²) in [6.07, 6.45) is 3.12. The average Bonchev–Trinajstić information content (AvgIpc) is 2.73. The molecule has 1 rings (SSSR count). The molecule has 4 nitrogen and oxygen atoms in total. The highest BCUT2D eigenvalue weighted by molar-refractivity contribution is 5.16. The number of aryl methyl sites for hydroxylation is 2. The van der Waals surface area contributed by atoms with Crippen molar-refractivity contribution in [1.82, 2.24) is 20.0 Å². The molecule has 0 spiro atoms. The molecule has 0 aliphatic heterocycles. The molecule has 1 unspecified atom stereocenters. The topological polar surface area (TPSA) is 33.1 Å². The van der Waals surface area contributed by atoms with Crippen LogP contribution in [0.1, 0.15) is 39.0 Å². The van der Waals surface area contributed by atoms with Gasteiger partial charge in [0, 0.05) is 37.9 Å². The van der Waals surface area contributed by atoms with Gasteiger partial charge in [0.15, 0.2) is 0 Å². The van der Waals surface area contributed by atoms with E-state index in [9.17, 15) is 0 Å². The van der Waals surface area contributed by atoms with Crippen molar-refractivity contribution >= 4 is 0 Å². The fourth-order valence-corrected chi connectivity index (χ4v) is 2.25. The molecule has 1 N–H and O–H groups in total. The number of nitrogens with zero attached hydrogens (tertiary/aromatic N) is 3. The Labute approximate surface area is 111 Å². The Balaban J connectivity index is 2.44. The molecule has 0 bridgehead atoms. The summed E-state index contributed by atoms with van der Waals surface area (Å²) in [6.45, 7) is 13.1. The van der Waals surface area contributed by atoms with Gasteiger partial charge in [0.2, 0.25) is 0 Å². The fourth-order valence-electron chi connectivity index (χ4n) is 2.25. The van der Waals surface area contributed by atoms with Crippen LogP contribution >= 0.6 is 0 Å². The summed E-state index contributed by atoms with van der Waals surface area (Å²) in [4.78, 5) is 2.45. The smallest absolute Gasteiger partial charge is 0.0666 e. The molecule has 104 valence electrons. The van der Waals surface area contributed by atoms with Crippen LogP contribution in [0.5, 0.6) is 0 Å². The summed E-state index contributed by atoms with van der Waals surface area (Å²) in [5.41, 5.74) is 2.53. The van der Waals surface area contributed by atoms with Crippen LogP contribution in [0.25, 0.3) is 0 Å². The lowest BCUT2D eigenvalue weighted by Gasteiger charge is -2.23. The van der Waals surface area contributed by atoms with Gasteiger partial charge in [-0.15, -0.1) is 0 Å². The van der Waals surface area contributed by atoms with Gasteiger partial charge in [-0.3, -0.25) is 4.68 Å². The van der Waals surface area contributed by atoms with Crippen molar-refractivity contribution in [2.75, 3.05) is 19.6 Å². The summed E-state index contributed by atoms with van der Waals surface area (Å²) in [5, 5.41) is 8.06. The summed E-state index contributed by atoms with van der Waals surface area (Å²) in [7, 11) is 1.99. The third kappa shape index (κ3) is 4.42. The van der Waals surface area contributed by atoms with E-state index in [2.05, 4.69) is 49.2 Å². The van der Waals surface area contributed by atoms with Crippen molar-refractivity contribution < 1.29 is 0 Å². The van der Waals surface area contributed by atoms with Crippen molar-refractivity contribution in [2.45, 2.75) is 46.7 Å². The van der Waals surface area contributed by atoms with Crippen molar-refractivity contribution in [2.24, 2.45) is 7.05 Å². The third-order valence-corrected chi connectivity index (χ3v) is 3.39. The quantitative estimate of drug-likeness (QED) is 0.766. The molecule has 1 atom stereocenters. The predicted octanol–water partition coefficient (Wildman–Crippen LogP) is 1.80. The zero-order valence-corrected chi connectivity index (χ0v) is 12.5. The highest BCUT2D eigenvalue weighted by Crippen LogP contribution is 2.07. The number of likely N-dealkylation sites (N-methyl/N-ethyl adjacent to an activating group) is 1. The van der Waals surface area contributed by atoms with E-state index in [1.54, 1.807) is 0 Å². The van der Waals surface area contributed by atoms with Gasteiger partial charge in [-0.25, -0.2) is 0 Å². The normalized spacial score (nSPS) is 13.2. The maximum Gasteiger partial charge on any atom is 0.0666 e. The maximum absolute atomic E-state index is 4.47. The zero-order valence-electron chi connectivity index (χ0n) is 12.5. The second kappa shape index (κ2) is 7.54. The van der Waals surface area contributed by atoms with Crippen LogP contribution in [0.15, 0.2) is 6.20 Å². The number of hydrogen-bond acceptors (Lipinski definition) is 3. The van der Waals surface area contributed by atoms with Crippen LogP contribution in [-0.4, -0.2) is 40.4 Å². The second-order valence-corrected chi connectivity index (χ2v) is 4.90. The molecular formula is C14H28N4. The monoisotopic (exact) mass is 252 g/mol. The molecule has 1 aromatic rings. The van der Waals surface area contributed by atoms with E-state index in [0.29, 0.717) is 6.04 Å². The summed E-state index contributed by atoms with van der Waals surface area (Å²) in [5.74, 6) is 0. The second-order valence-electron chi connectivity index (χ2n) is 4.90. The Morgan fingerprint density at radius 2 is 2.00 bits per heavy atom. The predicted molar refractivity (Wildman–Crippen MR) is 76.7 cm³/mol. The summed E-state index contributed by atoms with van der Waals surface area (Å²) < 4.78 is 1.91. The molecule has 0 aliphatic rings. The first-order valence-corrected chi connectivity index (χ1v) is 7.07. The molecule has 18 heavy (non-hydrogen) atoms. The molecule has 4 heteroatoms. The maximum atomic E-state index is 4.47. The van der Waals surface area contributed by atoms with Crippen LogP contribution in [0.3, 0.4) is 0 Å². The minimum atomic E-state index is 0.509. The highest BCUT2D eigenvalue weighted by atomic mass is 15.3. The van der Waals surface area contributed by atoms with Gasteiger partial charge in [0.1, 0.15) is 0 Å². The number of aromatic nitrogens is 2. The van der Waals surface area contributed by atoms with Crippen molar-refractivity contribution in [3.63, 3.8) is 0 Å². The van der Waals surface area contributed by atoms with E-state index < -0.39 is 0 Å². The fraction of sp³-hybridized carbons (Fsp3) is 0.786. The Bertz CT molecular complexity index is 342. The summed E-state index contributed by atoms with van der Waals surface area (Å²) in [6, 6.07) is 0.509. The van der Waals surface area contributed by atoms with E-state index in [1.807, 2.05) is 11.7 Å². The van der Waals surface area contributed by atoms with Gasteiger partial charge >= 0.3 is 0 Å². The first-order valence-electron chi connectivity index (χ1n) is 7.07. The lowest BCUT2D eigenvalue weighted by atomic mass is 10.2. The largest absolute Gasteiger partial charge is 0.309 e. The van der Waals surface area contributed by atoms with Crippen LogP contribution in [-0.2, 0) is 20.0 Å². The third-order valence-electron chi connectivity index (χ3n) is 3.39. The lowest BCUT2D eigenvalue weighted by Crippen LogP contribution is -2.38. The Morgan fingerprint density at radius 1 is 1.33 bits per heavy atom. The van der Waals surface area contributed by atoms with E-state index >= 15 is 0 Å². The molecule has 0 saturated carbocycles. The van der Waals surface area contributed by atoms with Gasteiger partial charge in [-0.1, -0.05) is 20.8 Å². The van der Waals surface area contributed by atoms with Crippen molar-refractivity contribution in [3.05, 3.63) is 17.5 Å². The van der Waals surface area contributed by atoms with E-state index in [1.165, 1.54) is 11.3 Å². The molecule has 0 aliphatic carbocycles. The average molecular weight is 252 g/mol. The first kappa shape index (κ1) is 15.2. The minimum absolute atomic E-state index is 0.509. The van der Waals surface area contributed by atoms with Gasteiger partial charge < -0.3 is 10.2 Å². The Hall–Kier alpha value is -0.870. The Kier molecular flexibility index (Phi) is 6.36. The summed E-state index contributed by atoms with van der Waals surface area (Å²) >= 11 is 0. The highest BCUT2D eigenvalue weighted by Gasteiger charge is 2.09. The standard InChI is InChI=1S/C14H28N4/c1-6-14-13(11-17(5)16-14)9-15-12(4)10-18(7-2)8-3/h11-12,15H,6-10H2,1-5H3. The van der Waals surface area contributed by atoms with Crippen LogP contribution in [0.4, 0.5) is 0 Å². The number of rotatable bonds is 8. The number of nitrogens with one attached hydrogen (secondary N) is 1. The SMILES string of the molecule is CCc1nn(C)cc1CNC(C)CN(CC)CC. The minimum Gasteiger partial charge on any atom is -0.309 e. The van der Waals surface area contributed by atoms with Crippen molar-refractivity contribution in [3.8, 4) is 0 Å². The molecule has 1 heterocycles. The molecule has 0 saturated heterocycles. The van der Waals surface area contributed by atoms with Gasteiger partial charge in [-0.2, -0.15) is 5.10 Å². The molecule has 0 radical (unpaired) electrons. The van der Waals surface area contributed by atoms with Gasteiger partial charge in [0.05, 0.1) is 5.69 Å². The molecule has 0 fully saturated rings. The number of hydrogen-bond donors (Lipinski definition) is 1. The lowest BCUT2D eigenvalue weighted by molar-refractivity contribution is 0.270. The molecular weight excluding hydrogens is 224 g/mol. The van der Waals surface area contributed by atoms with E-state index in [-0.39, 0.29) is 0 Å².